The molecule has 0 saturated carbocycles. The highest BCUT2D eigenvalue weighted by Crippen LogP contribution is 2.21. The molecule has 2 rings (SSSR count). The highest BCUT2D eigenvalue weighted by atomic mass is 32.1. The molecule has 2 N–H and O–H groups in total. The summed E-state index contributed by atoms with van der Waals surface area (Å²) in [5, 5.41) is 12.8. The summed E-state index contributed by atoms with van der Waals surface area (Å²) < 4.78 is 0. The molecule has 7 heteroatoms. The number of urea groups is 1. The Morgan fingerprint density at radius 3 is 2.95 bits per heavy atom. The number of aliphatic carboxylic acids is 1. The second kappa shape index (κ2) is 6.21. The number of amides is 2. The number of rotatable bonds is 3. The Bertz CT molecular complexity index is 503. The summed E-state index contributed by atoms with van der Waals surface area (Å²) in [7, 11) is 0. The average Bonchev–Trinajstić information content (AvgIpc) is 2.85. The van der Waals surface area contributed by atoms with Crippen molar-refractivity contribution in [2.45, 2.75) is 32.7 Å². The van der Waals surface area contributed by atoms with Gasteiger partial charge in [0.1, 0.15) is 5.01 Å². The van der Waals surface area contributed by atoms with Crippen LogP contribution in [0.5, 0.6) is 0 Å². The molecule has 1 saturated heterocycles. The quantitative estimate of drug-likeness (QED) is 0.894. The van der Waals surface area contributed by atoms with Crippen molar-refractivity contribution in [3.8, 4) is 0 Å². The first-order valence-corrected chi connectivity index (χ1v) is 7.49. The van der Waals surface area contributed by atoms with Gasteiger partial charge in [0.15, 0.2) is 0 Å². The number of hydrogen-bond donors (Lipinski definition) is 2. The summed E-state index contributed by atoms with van der Waals surface area (Å²) in [5.41, 5.74) is 0. The number of carbonyl (C=O) groups excluding carboxylic acids is 1. The number of carboxylic acid groups (broad SMARTS) is 1. The zero-order valence-corrected chi connectivity index (χ0v) is 12.4. The Morgan fingerprint density at radius 2 is 2.35 bits per heavy atom. The molecule has 20 heavy (non-hydrogen) atoms. The van der Waals surface area contributed by atoms with E-state index >= 15 is 0 Å². The summed E-state index contributed by atoms with van der Waals surface area (Å²) in [6.07, 6.45) is 3.15. The molecule has 0 radical (unpaired) electrons. The maximum atomic E-state index is 12.2. The molecule has 0 spiro atoms. The Kier molecular flexibility index (Phi) is 4.59. The van der Waals surface area contributed by atoms with Gasteiger partial charge in [0.25, 0.3) is 0 Å². The summed E-state index contributed by atoms with van der Waals surface area (Å²) in [6.45, 7) is 4.75. The molecule has 2 amide bonds. The van der Waals surface area contributed by atoms with Crippen molar-refractivity contribution in [2.24, 2.45) is 5.92 Å². The number of aromatic nitrogens is 1. The van der Waals surface area contributed by atoms with Gasteiger partial charge in [0, 0.05) is 24.2 Å². The van der Waals surface area contributed by atoms with Crippen LogP contribution in [0.4, 0.5) is 4.79 Å². The molecule has 6 nitrogen and oxygen atoms in total. The van der Waals surface area contributed by atoms with Crippen molar-refractivity contribution < 1.29 is 14.7 Å². The predicted molar refractivity (Wildman–Crippen MR) is 75.7 cm³/mol. The fourth-order valence-electron chi connectivity index (χ4n) is 2.27. The van der Waals surface area contributed by atoms with Crippen LogP contribution in [-0.2, 0) is 4.79 Å². The van der Waals surface area contributed by atoms with Crippen LogP contribution in [0.3, 0.4) is 0 Å². The number of piperidine rings is 1. The van der Waals surface area contributed by atoms with E-state index in [4.69, 9.17) is 5.11 Å². The van der Waals surface area contributed by atoms with Gasteiger partial charge in [-0.15, -0.1) is 11.3 Å². The number of carbonyl (C=O) groups is 2. The van der Waals surface area contributed by atoms with Crippen LogP contribution < -0.4 is 5.32 Å². The number of thiazole rings is 1. The first kappa shape index (κ1) is 14.8. The first-order valence-electron chi connectivity index (χ1n) is 6.68. The number of hydrogen-bond acceptors (Lipinski definition) is 4. The van der Waals surface area contributed by atoms with Gasteiger partial charge in [-0.2, -0.15) is 0 Å². The molecule has 2 heterocycles. The Hall–Kier alpha value is -1.63. The van der Waals surface area contributed by atoms with Crippen LogP contribution in [-0.4, -0.2) is 40.1 Å². The minimum atomic E-state index is -0.828. The number of nitrogens with one attached hydrogen (secondary N) is 1. The minimum absolute atomic E-state index is 0.161. The Balaban J connectivity index is 1.92. The first-order chi connectivity index (χ1) is 9.47. The molecule has 1 fully saturated rings. The molecular weight excluding hydrogens is 278 g/mol. The minimum Gasteiger partial charge on any atom is -0.481 e. The van der Waals surface area contributed by atoms with Crippen molar-refractivity contribution >= 4 is 23.3 Å². The van der Waals surface area contributed by atoms with Gasteiger partial charge in [-0.05, 0) is 26.7 Å². The van der Waals surface area contributed by atoms with Crippen molar-refractivity contribution in [1.29, 1.82) is 0 Å². The predicted octanol–water partition coefficient (Wildman–Crippen LogP) is 2.02. The normalized spacial score (nSPS) is 20.5. The molecule has 1 aromatic heterocycles. The molecule has 1 aliphatic rings. The van der Waals surface area contributed by atoms with E-state index in [0.29, 0.717) is 13.0 Å². The monoisotopic (exact) mass is 297 g/mol. The number of likely N-dealkylation sites (tertiary alicyclic amines) is 1. The van der Waals surface area contributed by atoms with E-state index in [0.717, 1.165) is 16.3 Å². The third kappa shape index (κ3) is 3.47. The maximum Gasteiger partial charge on any atom is 0.317 e. The molecule has 110 valence electrons. The lowest BCUT2D eigenvalue weighted by Crippen LogP contribution is -2.47. The Morgan fingerprint density at radius 1 is 1.60 bits per heavy atom. The Labute approximate surface area is 121 Å². The molecule has 2 atom stereocenters. The molecular formula is C13H19N3O3S. The highest BCUT2D eigenvalue weighted by Gasteiger charge is 2.28. The van der Waals surface area contributed by atoms with Crippen LogP contribution in [0.15, 0.2) is 6.20 Å². The molecule has 1 aliphatic heterocycles. The summed E-state index contributed by atoms with van der Waals surface area (Å²) in [5.74, 6) is -1.28. The molecule has 0 aromatic carbocycles. The van der Waals surface area contributed by atoms with Crippen LogP contribution in [0.25, 0.3) is 0 Å². The molecule has 0 bridgehead atoms. The van der Waals surface area contributed by atoms with Crippen LogP contribution in [0.1, 0.15) is 35.7 Å². The zero-order valence-electron chi connectivity index (χ0n) is 11.6. The van der Waals surface area contributed by atoms with Crippen molar-refractivity contribution in [3.63, 3.8) is 0 Å². The van der Waals surface area contributed by atoms with Gasteiger partial charge in [-0.1, -0.05) is 0 Å². The van der Waals surface area contributed by atoms with Gasteiger partial charge in [-0.3, -0.25) is 4.79 Å². The van der Waals surface area contributed by atoms with E-state index in [1.54, 1.807) is 22.4 Å². The highest BCUT2D eigenvalue weighted by molar-refractivity contribution is 7.11. The summed E-state index contributed by atoms with van der Waals surface area (Å²) in [6, 6.07) is -0.372. The zero-order chi connectivity index (χ0) is 14.7. The SMILES string of the molecule is Cc1cnc(C(C)NC(=O)N2CCC[C@H](C(=O)O)C2)s1. The van der Waals surface area contributed by atoms with Crippen molar-refractivity contribution in [3.05, 3.63) is 16.1 Å². The van der Waals surface area contributed by atoms with E-state index in [2.05, 4.69) is 10.3 Å². The lowest BCUT2D eigenvalue weighted by molar-refractivity contribution is -0.143. The van der Waals surface area contributed by atoms with E-state index in [9.17, 15) is 9.59 Å². The van der Waals surface area contributed by atoms with E-state index in [-0.39, 0.29) is 18.6 Å². The third-order valence-electron chi connectivity index (χ3n) is 3.41. The maximum absolute atomic E-state index is 12.2. The summed E-state index contributed by atoms with van der Waals surface area (Å²) in [4.78, 5) is 30.1. The van der Waals surface area contributed by atoms with Gasteiger partial charge in [0.2, 0.25) is 0 Å². The number of nitrogens with zero attached hydrogens (tertiary/aromatic N) is 2. The number of carboxylic acids is 1. The molecule has 1 aromatic rings. The van der Waals surface area contributed by atoms with Crippen LogP contribution in [0, 0.1) is 12.8 Å². The van der Waals surface area contributed by atoms with Gasteiger partial charge < -0.3 is 15.3 Å². The standard InChI is InChI=1S/C13H19N3O3S/c1-8-6-14-11(20-8)9(2)15-13(19)16-5-3-4-10(7-16)12(17)18/h6,9-10H,3-5,7H2,1-2H3,(H,15,19)(H,17,18)/t9?,10-/m0/s1. The van der Waals surface area contributed by atoms with E-state index in [1.165, 1.54) is 0 Å². The van der Waals surface area contributed by atoms with Gasteiger partial charge in [-0.25, -0.2) is 9.78 Å². The largest absolute Gasteiger partial charge is 0.481 e. The van der Waals surface area contributed by atoms with Gasteiger partial charge >= 0.3 is 12.0 Å². The second-order valence-electron chi connectivity index (χ2n) is 5.10. The lowest BCUT2D eigenvalue weighted by Gasteiger charge is -2.31. The van der Waals surface area contributed by atoms with Crippen molar-refractivity contribution in [1.82, 2.24) is 15.2 Å². The van der Waals surface area contributed by atoms with E-state index in [1.807, 2.05) is 13.8 Å². The van der Waals surface area contributed by atoms with Crippen LogP contribution >= 0.6 is 11.3 Å². The topological polar surface area (TPSA) is 82.5 Å². The molecule has 0 aliphatic carbocycles. The number of aryl methyl sites for hydroxylation is 1. The van der Waals surface area contributed by atoms with Crippen molar-refractivity contribution in [2.75, 3.05) is 13.1 Å². The summed E-state index contributed by atoms with van der Waals surface area (Å²) >= 11 is 1.55. The smallest absolute Gasteiger partial charge is 0.317 e. The fraction of sp³-hybridized carbons (Fsp3) is 0.615. The van der Waals surface area contributed by atoms with Crippen LogP contribution in [0.2, 0.25) is 0 Å². The average molecular weight is 297 g/mol. The van der Waals surface area contributed by atoms with E-state index < -0.39 is 11.9 Å². The van der Waals surface area contributed by atoms with Gasteiger partial charge in [0.05, 0.1) is 12.0 Å². The third-order valence-corrected chi connectivity index (χ3v) is 4.50. The second-order valence-corrected chi connectivity index (χ2v) is 6.37. The lowest BCUT2D eigenvalue weighted by atomic mass is 9.99. The fourth-order valence-corrected chi connectivity index (χ4v) is 3.05. The molecule has 1 unspecified atom stereocenters.